The van der Waals surface area contributed by atoms with E-state index in [2.05, 4.69) is 51.2 Å². The topological polar surface area (TPSA) is 12.0 Å². The van der Waals surface area contributed by atoms with Gasteiger partial charge in [-0.3, -0.25) is 0 Å². The first kappa shape index (κ1) is 17.3. The second-order valence-corrected chi connectivity index (χ2v) is 8.77. The summed E-state index contributed by atoms with van der Waals surface area (Å²) in [5, 5.41) is 3.95. The summed E-state index contributed by atoms with van der Waals surface area (Å²) in [5.41, 5.74) is 5.71. The highest BCUT2D eigenvalue weighted by atomic mass is 19.1. The first-order valence-corrected chi connectivity index (χ1v) is 10.2. The van der Waals surface area contributed by atoms with Gasteiger partial charge in [0.2, 0.25) is 0 Å². The maximum atomic E-state index is 14.2. The van der Waals surface area contributed by atoms with Gasteiger partial charge >= 0.3 is 0 Å². The summed E-state index contributed by atoms with van der Waals surface area (Å²) >= 11 is 0. The van der Waals surface area contributed by atoms with E-state index in [4.69, 9.17) is 0 Å². The Balaban J connectivity index is 1.66. The van der Waals surface area contributed by atoms with Crippen molar-refractivity contribution in [3.63, 3.8) is 0 Å². The predicted molar refractivity (Wildman–Crippen MR) is 103 cm³/mol. The number of rotatable bonds is 4. The van der Waals surface area contributed by atoms with Gasteiger partial charge in [-0.1, -0.05) is 61.3 Å². The molecule has 7 atom stereocenters. The van der Waals surface area contributed by atoms with Crippen LogP contribution in [0.4, 0.5) is 4.39 Å². The van der Waals surface area contributed by atoms with Crippen LogP contribution in [0.2, 0.25) is 0 Å². The van der Waals surface area contributed by atoms with Gasteiger partial charge in [0.1, 0.15) is 6.17 Å². The monoisotopic (exact) mass is 341 g/mol. The van der Waals surface area contributed by atoms with Crippen LogP contribution < -0.4 is 5.32 Å². The van der Waals surface area contributed by atoms with Gasteiger partial charge in [0.05, 0.1) is 0 Å². The number of hydrogen-bond acceptors (Lipinski definition) is 1. The van der Waals surface area contributed by atoms with Crippen LogP contribution in [0, 0.1) is 23.7 Å². The van der Waals surface area contributed by atoms with Crippen molar-refractivity contribution in [2.75, 3.05) is 0 Å². The molecule has 1 nitrogen and oxygen atoms in total. The average molecular weight is 342 g/mol. The lowest BCUT2D eigenvalue weighted by molar-refractivity contribution is 0.204. The molecule has 0 radical (unpaired) electrons. The number of piperidine rings is 1. The third-order valence-corrected chi connectivity index (χ3v) is 6.91. The molecular weight excluding hydrogens is 309 g/mol. The van der Waals surface area contributed by atoms with Crippen molar-refractivity contribution in [2.24, 2.45) is 23.7 Å². The summed E-state index contributed by atoms with van der Waals surface area (Å²) in [6.45, 7) is 9.10. The molecule has 3 unspecified atom stereocenters. The Morgan fingerprint density at radius 3 is 2.88 bits per heavy atom. The Kier molecular flexibility index (Phi) is 4.52. The SMILES string of the molecule is CCCC1=C(C(C)C2N[C@H]3C[C@H]3C3C(C)=CC(C)=C[C@@H]23)C[C@@H](F)C=C1. The smallest absolute Gasteiger partial charge is 0.122 e. The van der Waals surface area contributed by atoms with Crippen molar-refractivity contribution in [3.8, 4) is 0 Å². The van der Waals surface area contributed by atoms with E-state index in [0.717, 1.165) is 18.8 Å². The normalized spacial score (nSPS) is 40.8. The number of hydrogen-bond donors (Lipinski definition) is 1. The van der Waals surface area contributed by atoms with Crippen LogP contribution in [-0.4, -0.2) is 18.3 Å². The van der Waals surface area contributed by atoms with Crippen molar-refractivity contribution < 1.29 is 4.39 Å². The molecule has 1 saturated carbocycles. The quantitative estimate of drug-likeness (QED) is 0.710. The molecule has 4 aliphatic rings. The second kappa shape index (κ2) is 6.54. The molecule has 0 aromatic carbocycles. The van der Waals surface area contributed by atoms with Gasteiger partial charge in [-0.2, -0.15) is 0 Å². The van der Waals surface area contributed by atoms with E-state index in [9.17, 15) is 4.39 Å². The molecule has 1 N–H and O–H groups in total. The molecule has 136 valence electrons. The van der Waals surface area contributed by atoms with Crippen molar-refractivity contribution >= 4 is 0 Å². The largest absolute Gasteiger partial charge is 0.310 e. The first-order chi connectivity index (χ1) is 12.0. The predicted octanol–water partition coefficient (Wildman–Crippen LogP) is 5.52. The number of allylic oxidation sites excluding steroid dienone is 6. The summed E-state index contributed by atoms with van der Waals surface area (Å²) in [6.07, 6.45) is 12.0. The van der Waals surface area contributed by atoms with Gasteiger partial charge in [-0.25, -0.2) is 4.39 Å². The Bertz CT molecular complexity index is 668. The lowest BCUT2D eigenvalue weighted by Crippen LogP contribution is -2.51. The number of halogens is 1. The third-order valence-electron chi connectivity index (χ3n) is 6.91. The average Bonchev–Trinajstić information content (AvgIpc) is 3.34. The highest BCUT2D eigenvalue weighted by Gasteiger charge is 2.54. The van der Waals surface area contributed by atoms with Crippen LogP contribution in [0.1, 0.15) is 53.4 Å². The number of nitrogens with one attached hydrogen (secondary N) is 1. The Morgan fingerprint density at radius 2 is 2.12 bits per heavy atom. The molecule has 1 heterocycles. The van der Waals surface area contributed by atoms with Crippen LogP contribution in [0.15, 0.2) is 46.6 Å². The highest BCUT2D eigenvalue weighted by Crippen LogP contribution is 2.53. The second-order valence-electron chi connectivity index (χ2n) is 8.77. The van der Waals surface area contributed by atoms with E-state index in [-0.39, 0.29) is 0 Å². The van der Waals surface area contributed by atoms with Crippen LogP contribution >= 0.6 is 0 Å². The van der Waals surface area contributed by atoms with Gasteiger partial charge in [0.25, 0.3) is 0 Å². The van der Waals surface area contributed by atoms with E-state index < -0.39 is 6.17 Å². The van der Waals surface area contributed by atoms with Crippen molar-refractivity contribution in [3.05, 3.63) is 46.6 Å². The van der Waals surface area contributed by atoms with Crippen molar-refractivity contribution in [2.45, 2.75) is 71.6 Å². The van der Waals surface area contributed by atoms with Crippen LogP contribution in [-0.2, 0) is 0 Å². The lowest BCUT2D eigenvalue weighted by atomic mass is 9.67. The molecule has 0 amide bonds. The third kappa shape index (κ3) is 3.07. The van der Waals surface area contributed by atoms with Crippen LogP contribution in [0.25, 0.3) is 0 Å². The maximum absolute atomic E-state index is 14.2. The zero-order valence-electron chi connectivity index (χ0n) is 16.1. The fourth-order valence-corrected chi connectivity index (χ4v) is 5.75. The standard InChI is InChI=1S/C23H32FN/c1-5-6-16-7-8-17(24)11-18(16)15(4)23-20-10-13(2)9-14(3)22(20)19-12-21(19)25-23/h7-10,15,17,19-23,25H,5-6,11-12H2,1-4H3/t15?,17-,19+,20+,21-,22?,23?/m0/s1. The first-order valence-electron chi connectivity index (χ1n) is 10.2. The van der Waals surface area contributed by atoms with Gasteiger partial charge in [0, 0.05) is 24.4 Å². The molecule has 3 aliphatic carbocycles. The van der Waals surface area contributed by atoms with E-state index in [0.29, 0.717) is 36.3 Å². The Labute approximate surface area is 152 Å². The molecule has 2 fully saturated rings. The minimum absolute atomic E-state index is 0.397. The summed E-state index contributed by atoms with van der Waals surface area (Å²) < 4.78 is 14.2. The van der Waals surface area contributed by atoms with Gasteiger partial charge in [0.15, 0.2) is 0 Å². The molecule has 25 heavy (non-hydrogen) atoms. The van der Waals surface area contributed by atoms with Crippen molar-refractivity contribution in [1.29, 1.82) is 0 Å². The summed E-state index contributed by atoms with van der Waals surface area (Å²) in [4.78, 5) is 0. The van der Waals surface area contributed by atoms with Gasteiger partial charge in [-0.05, 0) is 50.0 Å². The zero-order valence-corrected chi connectivity index (χ0v) is 16.1. The van der Waals surface area contributed by atoms with Gasteiger partial charge in [-0.15, -0.1) is 0 Å². The van der Waals surface area contributed by atoms with E-state index in [1.165, 1.54) is 23.1 Å². The minimum atomic E-state index is -0.809. The van der Waals surface area contributed by atoms with Gasteiger partial charge < -0.3 is 5.32 Å². The summed E-state index contributed by atoms with van der Waals surface area (Å²) in [7, 11) is 0. The molecule has 0 aromatic rings. The van der Waals surface area contributed by atoms with E-state index in [1.54, 1.807) is 11.6 Å². The molecule has 4 rings (SSSR count). The number of fused-ring (bicyclic) bond motifs is 3. The molecular formula is C23H32FN. The maximum Gasteiger partial charge on any atom is 0.122 e. The van der Waals surface area contributed by atoms with Crippen LogP contribution in [0.5, 0.6) is 0 Å². The highest BCUT2D eigenvalue weighted by molar-refractivity contribution is 5.38. The fraction of sp³-hybridized carbons (Fsp3) is 0.652. The minimum Gasteiger partial charge on any atom is -0.310 e. The van der Waals surface area contributed by atoms with E-state index in [1.807, 2.05) is 0 Å². The molecule has 2 heteroatoms. The fourth-order valence-electron chi connectivity index (χ4n) is 5.75. The number of alkyl halides is 1. The zero-order chi connectivity index (χ0) is 17.7. The molecule has 1 aliphatic heterocycles. The van der Waals surface area contributed by atoms with Crippen LogP contribution in [0.3, 0.4) is 0 Å². The lowest BCUT2D eigenvalue weighted by Gasteiger charge is -2.44. The molecule has 1 saturated heterocycles. The van der Waals surface area contributed by atoms with Crippen molar-refractivity contribution in [1.82, 2.24) is 5.32 Å². The Morgan fingerprint density at radius 1 is 1.32 bits per heavy atom. The summed E-state index contributed by atoms with van der Waals surface area (Å²) in [5.74, 6) is 2.47. The summed E-state index contributed by atoms with van der Waals surface area (Å²) in [6, 6.07) is 1.12. The van der Waals surface area contributed by atoms with E-state index >= 15 is 0 Å². The molecule has 0 bridgehead atoms. The molecule has 0 aromatic heterocycles. The Hall–Kier alpha value is -1.15. The molecule has 0 spiro atoms.